The maximum Gasteiger partial charge on any atom is 0.241 e. The summed E-state index contributed by atoms with van der Waals surface area (Å²) >= 11 is 8.50. The number of hydrogen-bond donors (Lipinski definition) is 0. The highest BCUT2D eigenvalue weighted by atomic mass is 35.5. The summed E-state index contributed by atoms with van der Waals surface area (Å²) in [7, 11) is 0. The first-order chi connectivity index (χ1) is 8.25. The highest BCUT2D eigenvalue weighted by Crippen LogP contribution is 2.25. The van der Waals surface area contributed by atoms with Crippen LogP contribution in [0.3, 0.4) is 0 Å². The van der Waals surface area contributed by atoms with E-state index in [0.29, 0.717) is 16.2 Å². The maximum absolute atomic E-state index is 12.2. The van der Waals surface area contributed by atoms with Crippen molar-refractivity contribution in [2.24, 2.45) is 0 Å². The van der Waals surface area contributed by atoms with E-state index < -0.39 is 0 Å². The second kappa shape index (κ2) is 4.14. The van der Waals surface area contributed by atoms with Crippen molar-refractivity contribution in [1.29, 1.82) is 0 Å². The SMILES string of the molecule is O=C(c1nccs1)c1nc(Cl)nc2ccsc12. The van der Waals surface area contributed by atoms with Crippen molar-refractivity contribution in [1.82, 2.24) is 15.0 Å². The predicted octanol–water partition coefficient (Wildman–Crippen LogP) is 3.03. The number of thiazole rings is 1. The number of aromatic nitrogens is 3. The molecule has 4 nitrogen and oxygen atoms in total. The minimum absolute atomic E-state index is 0.0795. The van der Waals surface area contributed by atoms with Crippen molar-refractivity contribution < 1.29 is 4.79 Å². The molecular weight excluding hydrogens is 278 g/mol. The smallest absolute Gasteiger partial charge is 0.241 e. The van der Waals surface area contributed by atoms with Gasteiger partial charge >= 0.3 is 0 Å². The Morgan fingerprint density at radius 1 is 1.24 bits per heavy atom. The summed E-state index contributed by atoms with van der Waals surface area (Å²) in [6.07, 6.45) is 1.59. The van der Waals surface area contributed by atoms with Crippen molar-refractivity contribution >= 4 is 50.3 Å². The summed E-state index contributed by atoms with van der Waals surface area (Å²) < 4.78 is 0.745. The molecule has 84 valence electrons. The molecule has 0 spiro atoms. The van der Waals surface area contributed by atoms with Gasteiger partial charge in [-0.2, -0.15) is 0 Å². The second-order valence-electron chi connectivity index (χ2n) is 3.14. The highest BCUT2D eigenvalue weighted by Gasteiger charge is 2.19. The molecule has 0 radical (unpaired) electrons. The van der Waals surface area contributed by atoms with E-state index in [1.165, 1.54) is 22.7 Å². The third kappa shape index (κ3) is 1.84. The molecule has 0 amide bonds. The van der Waals surface area contributed by atoms with E-state index in [-0.39, 0.29) is 11.1 Å². The van der Waals surface area contributed by atoms with Crippen LogP contribution in [0.4, 0.5) is 0 Å². The minimum atomic E-state index is -0.211. The van der Waals surface area contributed by atoms with E-state index in [9.17, 15) is 4.79 Å². The van der Waals surface area contributed by atoms with Gasteiger partial charge in [-0.25, -0.2) is 15.0 Å². The Bertz CT molecular complexity index is 693. The number of nitrogens with zero attached hydrogens (tertiary/aromatic N) is 3. The van der Waals surface area contributed by atoms with Crippen molar-refractivity contribution in [3.8, 4) is 0 Å². The topological polar surface area (TPSA) is 55.7 Å². The molecular formula is C10H4ClN3OS2. The van der Waals surface area contributed by atoms with Gasteiger partial charge in [-0.3, -0.25) is 4.79 Å². The van der Waals surface area contributed by atoms with E-state index in [0.717, 1.165) is 4.70 Å². The van der Waals surface area contributed by atoms with Crippen LogP contribution in [0.5, 0.6) is 0 Å². The monoisotopic (exact) mass is 281 g/mol. The Hall–Kier alpha value is -1.37. The Morgan fingerprint density at radius 3 is 2.88 bits per heavy atom. The molecule has 0 N–H and O–H groups in total. The molecule has 0 aromatic carbocycles. The zero-order valence-electron chi connectivity index (χ0n) is 8.25. The molecule has 0 fully saturated rings. The summed E-state index contributed by atoms with van der Waals surface area (Å²) in [6.45, 7) is 0. The van der Waals surface area contributed by atoms with Gasteiger partial charge in [-0.15, -0.1) is 22.7 Å². The van der Waals surface area contributed by atoms with Crippen LogP contribution in [0.1, 0.15) is 15.5 Å². The molecule has 3 rings (SSSR count). The number of fused-ring (bicyclic) bond motifs is 1. The Kier molecular flexibility index (Phi) is 2.62. The zero-order valence-corrected chi connectivity index (χ0v) is 10.6. The number of hydrogen-bond acceptors (Lipinski definition) is 6. The van der Waals surface area contributed by atoms with E-state index >= 15 is 0 Å². The summed E-state index contributed by atoms with van der Waals surface area (Å²) in [5.41, 5.74) is 1.01. The molecule has 3 heterocycles. The number of halogens is 1. The van der Waals surface area contributed by atoms with Gasteiger partial charge in [0.25, 0.3) is 0 Å². The lowest BCUT2D eigenvalue weighted by atomic mass is 10.2. The molecule has 17 heavy (non-hydrogen) atoms. The van der Waals surface area contributed by atoms with Gasteiger partial charge < -0.3 is 0 Å². The predicted molar refractivity (Wildman–Crippen MR) is 68.0 cm³/mol. The van der Waals surface area contributed by atoms with Gasteiger partial charge in [0.2, 0.25) is 11.1 Å². The van der Waals surface area contributed by atoms with Gasteiger partial charge in [0.1, 0.15) is 5.69 Å². The van der Waals surface area contributed by atoms with Gasteiger partial charge in [-0.1, -0.05) is 0 Å². The molecule has 0 aliphatic heterocycles. The average Bonchev–Trinajstić information content (AvgIpc) is 2.97. The molecule has 0 saturated heterocycles. The lowest BCUT2D eigenvalue weighted by Gasteiger charge is -1.99. The number of carbonyl (C=O) groups excluding carboxylic acids is 1. The second-order valence-corrected chi connectivity index (χ2v) is 5.29. The first-order valence-electron chi connectivity index (χ1n) is 4.60. The van der Waals surface area contributed by atoms with Crippen LogP contribution in [0.25, 0.3) is 10.2 Å². The third-order valence-electron chi connectivity index (χ3n) is 2.12. The van der Waals surface area contributed by atoms with Gasteiger partial charge in [0.15, 0.2) is 5.01 Å². The third-order valence-corrected chi connectivity index (χ3v) is 3.97. The molecule has 3 aromatic heterocycles. The molecule has 0 atom stereocenters. The Labute approximate surface area is 109 Å². The Balaban J connectivity index is 2.23. The standard InChI is InChI=1S/C10H4ClN3OS2/c11-10-13-5-1-3-16-8(5)6(14-10)7(15)9-12-2-4-17-9/h1-4H. The minimum Gasteiger partial charge on any atom is -0.284 e. The normalized spacial score (nSPS) is 10.9. The lowest BCUT2D eigenvalue weighted by Crippen LogP contribution is -2.04. The van der Waals surface area contributed by atoms with Crippen LogP contribution in [0, 0.1) is 0 Å². The quantitative estimate of drug-likeness (QED) is 0.535. The Morgan fingerprint density at radius 2 is 2.12 bits per heavy atom. The molecule has 0 bridgehead atoms. The van der Waals surface area contributed by atoms with Crippen molar-refractivity contribution in [3.63, 3.8) is 0 Å². The lowest BCUT2D eigenvalue weighted by molar-refractivity contribution is 0.103. The summed E-state index contributed by atoms with van der Waals surface area (Å²) in [5, 5.41) is 4.10. The number of rotatable bonds is 2. The van der Waals surface area contributed by atoms with Crippen molar-refractivity contribution in [2.45, 2.75) is 0 Å². The molecule has 0 aliphatic carbocycles. The fraction of sp³-hybridized carbons (Fsp3) is 0. The van der Waals surface area contributed by atoms with Crippen molar-refractivity contribution in [3.05, 3.63) is 39.0 Å². The summed E-state index contributed by atoms with van der Waals surface area (Å²) in [4.78, 5) is 24.2. The molecule has 7 heteroatoms. The first-order valence-corrected chi connectivity index (χ1v) is 6.74. The highest BCUT2D eigenvalue weighted by molar-refractivity contribution is 7.17. The van der Waals surface area contributed by atoms with Crippen LogP contribution < -0.4 is 0 Å². The van der Waals surface area contributed by atoms with Crippen LogP contribution >= 0.6 is 34.3 Å². The van der Waals surface area contributed by atoms with Crippen LogP contribution in [-0.2, 0) is 0 Å². The van der Waals surface area contributed by atoms with E-state index in [4.69, 9.17) is 11.6 Å². The van der Waals surface area contributed by atoms with Crippen molar-refractivity contribution in [2.75, 3.05) is 0 Å². The fourth-order valence-electron chi connectivity index (χ4n) is 1.43. The van der Waals surface area contributed by atoms with Crippen LogP contribution in [-0.4, -0.2) is 20.7 Å². The summed E-state index contributed by atoms with van der Waals surface area (Å²) in [6, 6.07) is 1.81. The molecule has 0 saturated carbocycles. The van der Waals surface area contributed by atoms with E-state index in [2.05, 4.69) is 15.0 Å². The van der Waals surface area contributed by atoms with Gasteiger partial charge in [0, 0.05) is 11.6 Å². The van der Waals surface area contributed by atoms with Crippen LogP contribution in [0.15, 0.2) is 23.0 Å². The van der Waals surface area contributed by atoms with Gasteiger partial charge in [-0.05, 0) is 23.0 Å². The zero-order chi connectivity index (χ0) is 11.8. The molecule has 3 aromatic rings. The molecule has 0 aliphatic rings. The molecule has 0 unspecified atom stereocenters. The van der Waals surface area contributed by atoms with E-state index in [1.807, 2.05) is 11.4 Å². The maximum atomic E-state index is 12.2. The largest absolute Gasteiger partial charge is 0.284 e. The fourth-order valence-corrected chi connectivity index (χ4v) is 2.99. The van der Waals surface area contributed by atoms with Gasteiger partial charge in [0.05, 0.1) is 10.2 Å². The summed E-state index contributed by atoms with van der Waals surface area (Å²) in [5.74, 6) is -0.211. The van der Waals surface area contributed by atoms with E-state index in [1.54, 1.807) is 11.6 Å². The number of carbonyl (C=O) groups is 1. The van der Waals surface area contributed by atoms with Crippen LogP contribution in [0.2, 0.25) is 5.28 Å². The number of ketones is 1. The first kappa shape index (κ1) is 10.8. The average molecular weight is 282 g/mol. The number of thiophene rings is 1.